The summed E-state index contributed by atoms with van der Waals surface area (Å²) in [5.74, 6) is 0. The van der Waals surface area contributed by atoms with Gasteiger partial charge in [0.25, 0.3) is 0 Å². The predicted molar refractivity (Wildman–Crippen MR) is 92.9 cm³/mol. The minimum absolute atomic E-state index is 0.870. The van der Waals surface area contributed by atoms with E-state index in [-0.39, 0.29) is 0 Å². The number of fused-ring (bicyclic) bond motifs is 3. The Kier molecular flexibility index (Phi) is 4.02. The summed E-state index contributed by atoms with van der Waals surface area (Å²) in [7, 11) is 0. The Morgan fingerprint density at radius 3 is 2.91 bits per heavy atom. The van der Waals surface area contributed by atoms with Crippen molar-refractivity contribution in [2.75, 3.05) is 39.4 Å². The van der Waals surface area contributed by atoms with Gasteiger partial charge in [0.2, 0.25) is 0 Å². The lowest BCUT2D eigenvalue weighted by atomic mass is 10.1. The van der Waals surface area contributed by atoms with Gasteiger partial charge < -0.3 is 9.30 Å². The molecule has 2 aliphatic heterocycles. The van der Waals surface area contributed by atoms with E-state index in [9.17, 15) is 0 Å². The SMILES string of the molecule is Cc1ccc2c(c1)C(=NCCCN1CCOCC1)c1cccn1-2. The Balaban J connectivity index is 1.49. The Hall–Kier alpha value is -1.91. The van der Waals surface area contributed by atoms with Crippen LogP contribution >= 0.6 is 0 Å². The zero-order valence-corrected chi connectivity index (χ0v) is 13.7. The zero-order valence-electron chi connectivity index (χ0n) is 13.7. The summed E-state index contributed by atoms with van der Waals surface area (Å²) in [6.07, 6.45) is 3.23. The van der Waals surface area contributed by atoms with Gasteiger partial charge in [0.05, 0.1) is 30.3 Å². The number of nitrogens with zero attached hydrogens (tertiary/aromatic N) is 3. The average molecular weight is 309 g/mol. The fraction of sp³-hybridized carbons (Fsp3) is 0.421. The van der Waals surface area contributed by atoms with Crippen molar-refractivity contribution in [2.24, 2.45) is 4.99 Å². The van der Waals surface area contributed by atoms with Crippen LogP contribution in [-0.4, -0.2) is 54.6 Å². The molecule has 0 bridgehead atoms. The van der Waals surface area contributed by atoms with E-state index >= 15 is 0 Å². The number of hydrogen-bond acceptors (Lipinski definition) is 3. The maximum Gasteiger partial charge on any atom is 0.0908 e. The van der Waals surface area contributed by atoms with Gasteiger partial charge in [-0.05, 0) is 37.6 Å². The van der Waals surface area contributed by atoms with Crippen molar-refractivity contribution in [1.29, 1.82) is 0 Å². The van der Waals surface area contributed by atoms with E-state index in [2.05, 4.69) is 52.9 Å². The fourth-order valence-electron chi connectivity index (χ4n) is 3.45. The molecule has 0 aliphatic carbocycles. The molecule has 4 rings (SSSR count). The summed E-state index contributed by atoms with van der Waals surface area (Å²) in [4.78, 5) is 7.41. The van der Waals surface area contributed by atoms with Crippen LogP contribution in [0.25, 0.3) is 5.69 Å². The quantitative estimate of drug-likeness (QED) is 0.694. The number of ether oxygens (including phenoxy) is 1. The van der Waals surface area contributed by atoms with Gasteiger partial charge in [-0.15, -0.1) is 0 Å². The Morgan fingerprint density at radius 1 is 1.17 bits per heavy atom. The molecule has 0 saturated carbocycles. The maximum absolute atomic E-state index is 5.40. The molecule has 4 nitrogen and oxygen atoms in total. The molecule has 1 aromatic carbocycles. The maximum atomic E-state index is 5.40. The molecule has 0 radical (unpaired) electrons. The first-order valence-electron chi connectivity index (χ1n) is 8.46. The average Bonchev–Trinajstić information content (AvgIpc) is 3.14. The molecular weight excluding hydrogens is 286 g/mol. The van der Waals surface area contributed by atoms with Gasteiger partial charge in [-0.1, -0.05) is 11.6 Å². The molecule has 23 heavy (non-hydrogen) atoms. The minimum Gasteiger partial charge on any atom is -0.379 e. The molecule has 2 aromatic rings. The smallest absolute Gasteiger partial charge is 0.0908 e. The molecule has 0 spiro atoms. The summed E-state index contributed by atoms with van der Waals surface area (Å²) in [6.45, 7) is 7.99. The summed E-state index contributed by atoms with van der Waals surface area (Å²) in [5, 5.41) is 0. The third-order valence-corrected chi connectivity index (χ3v) is 4.66. The molecule has 0 unspecified atom stereocenters. The Bertz CT molecular complexity index is 726. The molecule has 2 aliphatic rings. The molecule has 1 fully saturated rings. The van der Waals surface area contributed by atoms with E-state index in [0.717, 1.165) is 51.5 Å². The van der Waals surface area contributed by atoms with Crippen LogP contribution in [0.4, 0.5) is 0 Å². The number of benzene rings is 1. The summed E-state index contributed by atoms with van der Waals surface area (Å²) in [5.41, 5.74) is 6.18. The van der Waals surface area contributed by atoms with E-state index < -0.39 is 0 Å². The van der Waals surface area contributed by atoms with Crippen LogP contribution in [0.3, 0.4) is 0 Å². The second kappa shape index (κ2) is 6.30. The highest BCUT2D eigenvalue weighted by Gasteiger charge is 2.23. The molecule has 4 heteroatoms. The predicted octanol–water partition coefficient (Wildman–Crippen LogP) is 2.66. The highest BCUT2D eigenvalue weighted by atomic mass is 16.5. The number of hydrogen-bond donors (Lipinski definition) is 0. The van der Waals surface area contributed by atoms with E-state index in [1.165, 1.54) is 22.5 Å². The van der Waals surface area contributed by atoms with E-state index in [0.29, 0.717) is 0 Å². The molecule has 1 aromatic heterocycles. The van der Waals surface area contributed by atoms with Gasteiger partial charge in [-0.25, -0.2) is 0 Å². The van der Waals surface area contributed by atoms with Crippen LogP contribution in [0.2, 0.25) is 0 Å². The lowest BCUT2D eigenvalue weighted by Crippen LogP contribution is -2.37. The monoisotopic (exact) mass is 309 g/mol. The van der Waals surface area contributed by atoms with Gasteiger partial charge >= 0.3 is 0 Å². The first-order valence-corrected chi connectivity index (χ1v) is 8.46. The lowest BCUT2D eigenvalue weighted by Gasteiger charge is -2.26. The highest BCUT2D eigenvalue weighted by Crippen LogP contribution is 2.29. The zero-order chi connectivity index (χ0) is 15.6. The topological polar surface area (TPSA) is 29.8 Å². The first kappa shape index (κ1) is 14.7. The number of rotatable bonds is 4. The first-order chi connectivity index (χ1) is 11.3. The largest absolute Gasteiger partial charge is 0.379 e. The Labute approximate surface area is 137 Å². The van der Waals surface area contributed by atoms with Crippen molar-refractivity contribution in [3.8, 4) is 5.69 Å². The van der Waals surface area contributed by atoms with E-state index in [4.69, 9.17) is 9.73 Å². The van der Waals surface area contributed by atoms with E-state index in [1.54, 1.807) is 0 Å². The van der Waals surface area contributed by atoms with Crippen LogP contribution in [0, 0.1) is 6.92 Å². The highest BCUT2D eigenvalue weighted by molar-refractivity contribution is 6.17. The normalized spacial score (nSPS) is 19.1. The van der Waals surface area contributed by atoms with Crippen LogP contribution in [0.1, 0.15) is 23.2 Å². The third-order valence-electron chi connectivity index (χ3n) is 4.66. The summed E-state index contributed by atoms with van der Waals surface area (Å²) < 4.78 is 7.64. The third kappa shape index (κ3) is 2.84. The minimum atomic E-state index is 0.870. The lowest BCUT2D eigenvalue weighted by molar-refractivity contribution is 0.0377. The molecule has 1 saturated heterocycles. The van der Waals surface area contributed by atoms with Crippen molar-refractivity contribution in [3.05, 3.63) is 53.3 Å². The standard InChI is InChI=1S/C19H23N3O/c1-15-5-6-17-16(14-15)19(18-4-2-9-22(17)18)20-7-3-8-21-10-12-23-13-11-21/h2,4-6,9,14H,3,7-8,10-13H2,1H3. The van der Waals surface area contributed by atoms with Gasteiger partial charge in [-0.3, -0.25) is 9.89 Å². The number of aromatic nitrogens is 1. The van der Waals surface area contributed by atoms with Crippen LogP contribution in [0.5, 0.6) is 0 Å². The molecular formula is C19H23N3O. The second-order valence-corrected chi connectivity index (χ2v) is 6.32. The van der Waals surface area contributed by atoms with E-state index in [1.807, 2.05) is 0 Å². The molecule has 3 heterocycles. The number of aliphatic imine (C=N–C) groups is 1. The fourth-order valence-corrected chi connectivity index (χ4v) is 3.45. The molecule has 120 valence electrons. The molecule has 0 amide bonds. The van der Waals surface area contributed by atoms with Crippen LogP contribution in [-0.2, 0) is 4.74 Å². The van der Waals surface area contributed by atoms with Gasteiger partial charge in [0.1, 0.15) is 0 Å². The van der Waals surface area contributed by atoms with Crippen LogP contribution in [0.15, 0.2) is 41.5 Å². The summed E-state index contributed by atoms with van der Waals surface area (Å²) >= 11 is 0. The van der Waals surface area contributed by atoms with Crippen molar-refractivity contribution >= 4 is 5.71 Å². The summed E-state index contributed by atoms with van der Waals surface area (Å²) in [6, 6.07) is 10.9. The second-order valence-electron chi connectivity index (χ2n) is 6.32. The van der Waals surface area contributed by atoms with Crippen molar-refractivity contribution in [1.82, 2.24) is 9.47 Å². The number of morpholine rings is 1. The van der Waals surface area contributed by atoms with Gasteiger partial charge in [-0.2, -0.15) is 0 Å². The molecule has 0 atom stereocenters. The van der Waals surface area contributed by atoms with Crippen LogP contribution < -0.4 is 0 Å². The van der Waals surface area contributed by atoms with Crippen molar-refractivity contribution in [2.45, 2.75) is 13.3 Å². The van der Waals surface area contributed by atoms with Gasteiger partial charge in [0, 0.05) is 37.9 Å². The van der Waals surface area contributed by atoms with Crippen molar-refractivity contribution < 1.29 is 4.74 Å². The number of aryl methyl sites for hydroxylation is 1. The van der Waals surface area contributed by atoms with Gasteiger partial charge in [0.15, 0.2) is 0 Å². The van der Waals surface area contributed by atoms with Crippen molar-refractivity contribution in [3.63, 3.8) is 0 Å². The Morgan fingerprint density at radius 2 is 2.04 bits per heavy atom. The molecule has 0 N–H and O–H groups in total.